The van der Waals surface area contributed by atoms with E-state index in [1.807, 2.05) is 42.5 Å². The zero-order valence-corrected chi connectivity index (χ0v) is 10.8. The van der Waals surface area contributed by atoms with Crippen molar-refractivity contribution in [2.45, 2.75) is 13.2 Å². The van der Waals surface area contributed by atoms with Crippen molar-refractivity contribution in [1.29, 1.82) is 0 Å². The highest BCUT2D eigenvalue weighted by Crippen LogP contribution is 2.17. The summed E-state index contributed by atoms with van der Waals surface area (Å²) in [5.41, 5.74) is 2.59. The lowest BCUT2D eigenvalue weighted by atomic mass is 10.1. The molecular formula is C16H16O3. The number of aldehydes is 1. The minimum atomic E-state index is 0.410. The monoisotopic (exact) mass is 256 g/mol. The third-order valence-electron chi connectivity index (χ3n) is 2.85. The van der Waals surface area contributed by atoms with Crippen molar-refractivity contribution < 1.29 is 14.3 Å². The average Bonchev–Trinajstić information content (AvgIpc) is 2.48. The van der Waals surface area contributed by atoms with Gasteiger partial charge in [-0.3, -0.25) is 4.79 Å². The fourth-order valence-electron chi connectivity index (χ4n) is 1.79. The predicted octanol–water partition coefficient (Wildman–Crippen LogP) is 3.22. The van der Waals surface area contributed by atoms with Crippen molar-refractivity contribution in [2.75, 3.05) is 7.11 Å². The molecule has 3 heteroatoms. The van der Waals surface area contributed by atoms with Crippen molar-refractivity contribution >= 4 is 6.29 Å². The standard InChI is InChI=1S/C16H16O3/c1-18-16-8-7-14(15(9-16)10-17)12-19-11-13-5-3-2-4-6-13/h2-10H,11-12H2,1H3. The average molecular weight is 256 g/mol. The fourth-order valence-corrected chi connectivity index (χ4v) is 1.79. The van der Waals surface area contributed by atoms with E-state index in [4.69, 9.17) is 9.47 Å². The summed E-state index contributed by atoms with van der Waals surface area (Å²) in [5.74, 6) is 0.675. The third kappa shape index (κ3) is 3.66. The Kier molecular flexibility index (Phi) is 4.70. The maximum absolute atomic E-state index is 11.0. The number of ether oxygens (including phenoxy) is 2. The van der Waals surface area contributed by atoms with Gasteiger partial charge in [0.25, 0.3) is 0 Å². The fraction of sp³-hybridized carbons (Fsp3) is 0.188. The Labute approximate surface area is 112 Å². The van der Waals surface area contributed by atoms with E-state index in [9.17, 15) is 4.79 Å². The molecule has 0 heterocycles. The Morgan fingerprint density at radius 3 is 2.53 bits per heavy atom. The van der Waals surface area contributed by atoms with Crippen molar-refractivity contribution in [3.05, 3.63) is 65.2 Å². The molecule has 0 aliphatic heterocycles. The molecule has 0 aliphatic rings. The van der Waals surface area contributed by atoms with Crippen LogP contribution in [0.3, 0.4) is 0 Å². The second kappa shape index (κ2) is 6.71. The van der Waals surface area contributed by atoms with Crippen LogP contribution in [0.4, 0.5) is 0 Å². The highest BCUT2D eigenvalue weighted by atomic mass is 16.5. The first-order valence-electron chi connectivity index (χ1n) is 6.07. The number of rotatable bonds is 6. The van der Waals surface area contributed by atoms with Crippen LogP contribution < -0.4 is 4.74 Å². The number of carbonyl (C=O) groups excluding carboxylic acids is 1. The summed E-state index contributed by atoms with van der Waals surface area (Å²) in [6.07, 6.45) is 0.823. The van der Waals surface area contributed by atoms with Crippen LogP contribution in [0.2, 0.25) is 0 Å². The van der Waals surface area contributed by atoms with E-state index in [2.05, 4.69) is 0 Å². The molecule has 2 rings (SSSR count). The number of hydrogen-bond acceptors (Lipinski definition) is 3. The smallest absolute Gasteiger partial charge is 0.150 e. The maximum Gasteiger partial charge on any atom is 0.150 e. The summed E-state index contributed by atoms with van der Waals surface area (Å²) in [7, 11) is 1.58. The van der Waals surface area contributed by atoms with Crippen LogP contribution in [0.15, 0.2) is 48.5 Å². The summed E-state index contributed by atoms with van der Waals surface area (Å²) in [4.78, 5) is 11.0. The van der Waals surface area contributed by atoms with Crippen LogP contribution in [-0.4, -0.2) is 13.4 Å². The Morgan fingerprint density at radius 1 is 1.05 bits per heavy atom. The molecule has 0 aromatic heterocycles. The first-order chi connectivity index (χ1) is 9.33. The Morgan fingerprint density at radius 2 is 1.84 bits per heavy atom. The molecule has 2 aromatic rings. The van der Waals surface area contributed by atoms with Gasteiger partial charge in [-0.1, -0.05) is 36.4 Å². The number of hydrogen-bond donors (Lipinski definition) is 0. The lowest BCUT2D eigenvalue weighted by molar-refractivity contribution is 0.103. The molecule has 0 spiro atoms. The molecule has 0 N–H and O–H groups in total. The molecule has 0 amide bonds. The molecule has 0 bridgehead atoms. The van der Waals surface area contributed by atoms with Gasteiger partial charge >= 0.3 is 0 Å². The first kappa shape index (κ1) is 13.3. The van der Waals surface area contributed by atoms with Crippen LogP contribution in [0.5, 0.6) is 5.75 Å². The summed E-state index contributed by atoms with van der Waals surface area (Å²) < 4.78 is 10.7. The Hall–Kier alpha value is -2.13. The van der Waals surface area contributed by atoms with E-state index < -0.39 is 0 Å². The zero-order valence-electron chi connectivity index (χ0n) is 10.8. The van der Waals surface area contributed by atoms with Gasteiger partial charge in [0.15, 0.2) is 6.29 Å². The van der Waals surface area contributed by atoms with Crippen LogP contribution in [0.25, 0.3) is 0 Å². The van der Waals surface area contributed by atoms with Crippen molar-refractivity contribution in [3.63, 3.8) is 0 Å². The normalized spacial score (nSPS) is 10.2. The van der Waals surface area contributed by atoms with Gasteiger partial charge in [-0.2, -0.15) is 0 Å². The molecule has 19 heavy (non-hydrogen) atoms. The van der Waals surface area contributed by atoms with E-state index in [1.165, 1.54) is 0 Å². The van der Waals surface area contributed by atoms with Crippen LogP contribution in [0, 0.1) is 0 Å². The van der Waals surface area contributed by atoms with Crippen molar-refractivity contribution in [2.24, 2.45) is 0 Å². The summed E-state index contributed by atoms with van der Waals surface area (Å²) in [6.45, 7) is 0.943. The van der Waals surface area contributed by atoms with Crippen molar-refractivity contribution in [1.82, 2.24) is 0 Å². The zero-order chi connectivity index (χ0) is 13.5. The maximum atomic E-state index is 11.0. The van der Waals surface area contributed by atoms with Gasteiger partial charge in [-0.15, -0.1) is 0 Å². The summed E-state index contributed by atoms with van der Waals surface area (Å²) >= 11 is 0. The van der Waals surface area contributed by atoms with Gasteiger partial charge in [0.1, 0.15) is 5.75 Å². The second-order valence-electron chi connectivity index (χ2n) is 4.16. The number of methoxy groups -OCH3 is 1. The van der Waals surface area contributed by atoms with E-state index in [0.29, 0.717) is 24.5 Å². The SMILES string of the molecule is COc1ccc(COCc2ccccc2)c(C=O)c1. The lowest BCUT2D eigenvalue weighted by Gasteiger charge is -2.08. The van der Waals surface area contributed by atoms with E-state index in [0.717, 1.165) is 17.4 Å². The molecule has 0 aliphatic carbocycles. The number of benzene rings is 2. The molecule has 2 aromatic carbocycles. The largest absolute Gasteiger partial charge is 0.497 e. The molecule has 0 fully saturated rings. The van der Waals surface area contributed by atoms with E-state index >= 15 is 0 Å². The van der Waals surface area contributed by atoms with Crippen LogP contribution in [0.1, 0.15) is 21.5 Å². The molecule has 0 saturated carbocycles. The topological polar surface area (TPSA) is 35.5 Å². The first-order valence-corrected chi connectivity index (χ1v) is 6.07. The summed E-state index contributed by atoms with van der Waals surface area (Å²) in [5, 5.41) is 0. The molecule has 0 unspecified atom stereocenters. The Balaban J connectivity index is 1.97. The molecular weight excluding hydrogens is 240 g/mol. The van der Waals surface area contributed by atoms with Gasteiger partial charge in [0.05, 0.1) is 20.3 Å². The molecule has 98 valence electrons. The number of carbonyl (C=O) groups is 1. The third-order valence-corrected chi connectivity index (χ3v) is 2.85. The van der Waals surface area contributed by atoms with Gasteiger partial charge in [0, 0.05) is 5.56 Å². The lowest BCUT2D eigenvalue weighted by Crippen LogP contribution is -1.98. The minimum absolute atomic E-state index is 0.410. The van der Waals surface area contributed by atoms with Gasteiger partial charge in [0.2, 0.25) is 0 Å². The van der Waals surface area contributed by atoms with Crippen LogP contribution >= 0.6 is 0 Å². The van der Waals surface area contributed by atoms with Crippen molar-refractivity contribution in [3.8, 4) is 5.75 Å². The molecule has 0 saturated heterocycles. The Bertz CT molecular complexity index is 535. The van der Waals surface area contributed by atoms with Gasteiger partial charge in [-0.05, 0) is 23.3 Å². The van der Waals surface area contributed by atoms with E-state index in [1.54, 1.807) is 13.2 Å². The highest BCUT2D eigenvalue weighted by Gasteiger charge is 2.04. The predicted molar refractivity (Wildman–Crippen MR) is 73.3 cm³/mol. The molecule has 3 nitrogen and oxygen atoms in total. The van der Waals surface area contributed by atoms with Gasteiger partial charge < -0.3 is 9.47 Å². The molecule has 0 atom stereocenters. The minimum Gasteiger partial charge on any atom is -0.497 e. The quantitative estimate of drug-likeness (QED) is 0.744. The molecule has 0 radical (unpaired) electrons. The van der Waals surface area contributed by atoms with Crippen LogP contribution in [-0.2, 0) is 18.0 Å². The van der Waals surface area contributed by atoms with Gasteiger partial charge in [-0.25, -0.2) is 0 Å². The highest BCUT2D eigenvalue weighted by molar-refractivity contribution is 5.78. The second-order valence-corrected chi connectivity index (χ2v) is 4.16. The summed E-state index contributed by atoms with van der Waals surface area (Å²) in [6, 6.07) is 15.3. The van der Waals surface area contributed by atoms with E-state index in [-0.39, 0.29) is 0 Å².